The van der Waals surface area contributed by atoms with Gasteiger partial charge in [0.2, 0.25) is 0 Å². The highest BCUT2D eigenvalue weighted by atomic mass is 16.5. The molecule has 0 spiro atoms. The molecule has 126 valence electrons. The molecule has 0 saturated carbocycles. The van der Waals surface area contributed by atoms with E-state index in [1.807, 2.05) is 54.6 Å². The van der Waals surface area contributed by atoms with Crippen molar-refractivity contribution in [3.05, 3.63) is 54.6 Å². The van der Waals surface area contributed by atoms with E-state index in [1.54, 1.807) is 0 Å². The topological polar surface area (TPSA) is 50.4 Å². The van der Waals surface area contributed by atoms with Crippen molar-refractivity contribution in [3.8, 4) is 16.9 Å². The SMILES string of the molecule is O=C(COc1ccccc1-c1ccccc1)NCCC1CCNC1. The van der Waals surface area contributed by atoms with Gasteiger partial charge in [0.1, 0.15) is 5.75 Å². The second kappa shape index (κ2) is 8.50. The molecule has 0 aromatic heterocycles. The smallest absolute Gasteiger partial charge is 0.257 e. The van der Waals surface area contributed by atoms with Gasteiger partial charge in [-0.1, -0.05) is 48.5 Å². The molecule has 0 bridgehead atoms. The Morgan fingerprint density at radius 1 is 1.12 bits per heavy atom. The van der Waals surface area contributed by atoms with E-state index in [4.69, 9.17) is 4.74 Å². The maximum Gasteiger partial charge on any atom is 0.257 e. The Balaban J connectivity index is 1.50. The fraction of sp³-hybridized carbons (Fsp3) is 0.350. The molecule has 2 aromatic rings. The molecule has 1 atom stereocenters. The number of carbonyl (C=O) groups excluding carboxylic acids is 1. The van der Waals surface area contributed by atoms with Crippen LogP contribution in [-0.2, 0) is 4.79 Å². The van der Waals surface area contributed by atoms with E-state index >= 15 is 0 Å². The first-order valence-corrected chi connectivity index (χ1v) is 8.57. The van der Waals surface area contributed by atoms with Gasteiger partial charge in [0, 0.05) is 12.1 Å². The van der Waals surface area contributed by atoms with Crippen molar-refractivity contribution in [2.24, 2.45) is 5.92 Å². The Labute approximate surface area is 143 Å². The zero-order chi connectivity index (χ0) is 16.6. The standard InChI is InChI=1S/C20H24N2O2/c23-20(22-13-11-16-10-12-21-14-16)15-24-19-9-5-4-8-18(19)17-6-2-1-3-7-17/h1-9,16,21H,10-15H2,(H,22,23). The van der Waals surface area contributed by atoms with Gasteiger partial charge in [-0.15, -0.1) is 0 Å². The molecule has 3 rings (SSSR count). The van der Waals surface area contributed by atoms with Gasteiger partial charge in [0.05, 0.1) is 0 Å². The third kappa shape index (κ3) is 4.59. The van der Waals surface area contributed by atoms with Crippen molar-refractivity contribution in [2.75, 3.05) is 26.2 Å². The Bertz CT molecular complexity index is 652. The van der Waals surface area contributed by atoms with Crippen LogP contribution in [0.3, 0.4) is 0 Å². The van der Waals surface area contributed by atoms with Crippen molar-refractivity contribution in [1.29, 1.82) is 0 Å². The zero-order valence-electron chi connectivity index (χ0n) is 13.8. The minimum atomic E-state index is -0.0659. The van der Waals surface area contributed by atoms with E-state index in [1.165, 1.54) is 6.42 Å². The summed E-state index contributed by atoms with van der Waals surface area (Å²) < 4.78 is 5.75. The molecule has 1 saturated heterocycles. The van der Waals surface area contributed by atoms with Crippen LogP contribution < -0.4 is 15.4 Å². The average molecular weight is 324 g/mol. The van der Waals surface area contributed by atoms with E-state index in [2.05, 4.69) is 10.6 Å². The molecule has 4 nitrogen and oxygen atoms in total. The summed E-state index contributed by atoms with van der Waals surface area (Å²) in [7, 11) is 0. The number of rotatable bonds is 7. The second-order valence-electron chi connectivity index (χ2n) is 6.15. The van der Waals surface area contributed by atoms with Crippen LogP contribution in [-0.4, -0.2) is 32.1 Å². The zero-order valence-corrected chi connectivity index (χ0v) is 13.8. The second-order valence-corrected chi connectivity index (χ2v) is 6.15. The van der Waals surface area contributed by atoms with E-state index in [-0.39, 0.29) is 12.5 Å². The molecule has 2 aromatic carbocycles. The normalized spacial score (nSPS) is 16.8. The van der Waals surface area contributed by atoms with Crippen LogP contribution in [0.2, 0.25) is 0 Å². The highest BCUT2D eigenvalue weighted by Gasteiger charge is 2.14. The van der Waals surface area contributed by atoms with Crippen molar-refractivity contribution < 1.29 is 9.53 Å². The summed E-state index contributed by atoms with van der Waals surface area (Å²) in [5.74, 6) is 1.35. The molecule has 1 unspecified atom stereocenters. The quantitative estimate of drug-likeness (QED) is 0.823. The highest BCUT2D eigenvalue weighted by molar-refractivity contribution is 5.78. The highest BCUT2D eigenvalue weighted by Crippen LogP contribution is 2.29. The van der Waals surface area contributed by atoms with Gasteiger partial charge < -0.3 is 15.4 Å². The van der Waals surface area contributed by atoms with E-state index < -0.39 is 0 Å². The minimum absolute atomic E-state index is 0.0484. The first kappa shape index (κ1) is 16.5. The van der Waals surface area contributed by atoms with Crippen LogP contribution in [0.4, 0.5) is 0 Å². The summed E-state index contributed by atoms with van der Waals surface area (Å²) in [6.45, 7) is 2.93. The number of para-hydroxylation sites is 1. The molecule has 1 heterocycles. The Hall–Kier alpha value is -2.33. The molecular weight excluding hydrogens is 300 g/mol. The largest absolute Gasteiger partial charge is 0.483 e. The van der Waals surface area contributed by atoms with Crippen LogP contribution in [0, 0.1) is 5.92 Å². The van der Waals surface area contributed by atoms with E-state index in [0.29, 0.717) is 5.92 Å². The molecule has 1 aliphatic rings. The monoisotopic (exact) mass is 324 g/mol. The summed E-state index contributed by atoms with van der Waals surface area (Å²) in [4.78, 5) is 12.0. The molecule has 24 heavy (non-hydrogen) atoms. The third-order valence-corrected chi connectivity index (χ3v) is 4.37. The maximum absolute atomic E-state index is 12.0. The third-order valence-electron chi connectivity index (χ3n) is 4.37. The van der Waals surface area contributed by atoms with Gasteiger partial charge in [-0.2, -0.15) is 0 Å². The molecule has 2 N–H and O–H groups in total. The summed E-state index contributed by atoms with van der Waals surface area (Å²) in [5.41, 5.74) is 2.09. The van der Waals surface area contributed by atoms with E-state index in [0.717, 1.165) is 42.9 Å². The number of benzene rings is 2. The van der Waals surface area contributed by atoms with E-state index in [9.17, 15) is 4.79 Å². The van der Waals surface area contributed by atoms with Gasteiger partial charge in [-0.05, 0) is 43.5 Å². The van der Waals surface area contributed by atoms with Crippen LogP contribution in [0.1, 0.15) is 12.8 Å². The fourth-order valence-corrected chi connectivity index (χ4v) is 3.02. The summed E-state index contributed by atoms with van der Waals surface area (Å²) in [5, 5.41) is 6.29. The minimum Gasteiger partial charge on any atom is -0.483 e. The van der Waals surface area contributed by atoms with Crippen molar-refractivity contribution in [1.82, 2.24) is 10.6 Å². The average Bonchev–Trinajstić information content (AvgIpc) is 3.14. The van der Waals surface area contributed by atoms with Crippen LogP contribution in [0.5, 0.6) is 5.75 Å². The molecule has 1 aliphatic heterocycles. The number of nitrogens with one attached hydrogen (secondary N) is 2. The van der Waals surface area contributed by atoms with Crippen molar-refractivity contribution in [3.63, 3.8) is 0 Å². The Morgan fingerprint density at radius 2 is 1.92 bits per heavy atom. The predicted octanol–water partition coefficient (Wildman–Crippen LogP) is 2.85. The van der Waals surface area contributed by atoms with Crippen LogP contribution in [0.25, 0.3) is 11.1 Å². The lowest BCUT2D eigenvalue weighted by Gasteiger charge is -2.12. The lowest BCUT2D eigenvalue weighted by Crippen LogP contribution is -2.31. The predicted molar refractivity (Wildman–Crippen MR) is 96.0 cm³/mol. The van der Waals surface area contributed by atoms with Crippen LogP contribution >= 0.6 is 0 Å². The lowest BCUT2D eigenvalue weighted by atomic mass is 10.1. The molecular formula is C20H24N2O2. The molecule has 1 fully saturated rings. The molecule has 0 radical (unpaired) electrons. The molecule has 1 amide bonds. The van der Waals surface area contributed by atoms with Crippen molar-refractivity contribution in [2.45, 2.75) is 12.8 Å². The van der Waals surface area contributed by atoms with Gasteiger partial charge in [0.15, 0.2) is 6.61 Å². The Morgan fingerprint density at radius 3 is 2.71 bits per heavy atom. The lowest BCUT2D eigenvalue weighted by molar-refractivity contribution is -0.123. The van der Waals surface area contributed by atoms with Crippen LogP contribution in [0.15, 0.2) is 54.6 Å². The number of hydrogen-bond acceptors (Lipinski definition) is 3. The number of hydrogen-bond donors (Lipinski definition) is 2. The summed E-state index contributed by atoms with van der Waals surface area (Å²) in [6.07, 6.45) is 2.23. The van der Waals surface area contributed by atoms with Gasteiger partial charge in [0.25, 0.3) is 5.91 Å². The number of ether oxygens (including phenoxy) is 1. The summed E-state index contributed by atoms with van der Waals surface area (Å²) in [6, 6.07) is 17.9. The van der Waals surface area contributed by atoms with Gasteiger partial charge >= 0.3 is 0 Å². The Kier molecular flexibility index (Phi) is 5.85. The number of carbonyl (C=O) groups is 1. The van der Waals surface area contributed by atoms with Crippen molar-refractivity contribution >= 4 is 5.91 Å². The van der Waals surface area contributed by atoms with Gasteiger partial charge in [-0.3, -0.25) is 4.79 Å². The first-order valence-electron chi connectivity index (χ1n) is 8.57. The maximum atomic E-state index is 12.0. The molecule has 4 heteroatoms. The van der Waals surface area contributed by atoms with Gasteiger partial charge in [-0.25, -0.2) is 0 Å². The molecule has 0 aliphatic carbocycles. The number of amides is 1. The fourth-order valence-electron chi connectivity index (χ4n) is 3.02. The first-order chi connectivity index (χ1) is 11.8. The summed E-state index contributed by atoms with van der Waals surface area (Å²) >= 11 is 0.